The second-order valence-corrected chi connectivity index (χ2v) is 12.5. The first-order chi connectivity index (χ1) is 16.4. The van der Waals surface area contributed by atoms with E-state index in [4.69, 9.17) is 4.74 Å². The normalized spacial score (nSPS) is 24.9. The van der Waals surface area contributed by atoms with E-state index < -0.39 is 10.0 Å². The number of fused-ring (bicyclic) bond motifs is 3. The Kier molecular flexibility index (Phi) is 6.91. The van der Waals surface area contributed by atoms with Crippen molar-refractivity contribution in [3.63, 3.8) is 0 Å². The Morgan fingerprint density at radius 3 is 2.76 bits per heavy atom. The number of aromatic nitrogens is 3. The van der Waals surface area contributed by atoms with Crippen LogP contribution in [0, 0.1) is 11.8 Å². The van der Waals surface area contributed by atoms with E-state index in [2.05, 4.69) is 34.9 Å². The van der Waals surface area contributed by atoms with Crippen molar-refractivity contribution in [3.8, 4) is 0 Å². The van der Waals surface area contributed by atoms with Gasteiger partial charge in [-0.1, -0.05) is 13.8 Å². The largest absolute Gasteiger partial charge is 0.377 e. The number of pyridine rings is 2. The smallest absolute Gasteiger partial charge is 0.214 e. The second kappa shape index (κ2) is 9.91. The maximum absolute atomic E-state index is 13.2. The molecule has 1 atom stereocenters. The zero-order chi connectivity index (χ0) is 23.7. The van der Waals surface area contributed by atoms with Gasteiger partial charge in [0.15, 0.2) is 5.65 Å². The average molecular weight is 485 g/mol. The van der Waals surface area contributed by atoms with Crippen LogP contribution in [0.2, 0.25) is 0 Å². The lowest BCUT2D eigenvalue weighted by Gasteiger charge is -2.34. The number of piperidine rings is 1. The Balaban J connectivity index is 1.23. The summed E-state index contributed by atoms with van der Waals surface area (Å²) in [5.41, 5.74) is 3.14. The van der Waals surface area contributed by atoms with Gasteiger partial charge >= 0.3 is 0 Å². The van der Waals surface area contributed by atoms with Gasteiger partial charge in [0.1, 0.15) is 0 Å². The molecule has 3 aromatic rings. The van der Waals surface area contributed by atoms with E-state index in [0.717, 1.165) is 55.1 Å². The van der Waals surface area contributed by atoms with Gasteiger partial charge in [0, 0.05) is 42.9 Å². The van der Waals surface area contributed by atoms with Crippen molar-refractivity contribution in [1.82, 2.24) is 19.3 Å². The second-order valence-electron chi connectivity index (χ2n) is 10.5. The first-order valence-corrected chi connectivity index (χ1v) is 14.3. The molecule has 2 fully saturated rings. The van der Waals surface area contributed by atoms with Crippen LogP contribution >= 0.6 is 0 Å². The predicted octanol–water partition coefficient (Wildman–Crippen LogP) is 4.85. The number of nitrogens with zero attached hydrogens (tertiary/aromatic N) is 3. The van der Waals surface area contributed by atoms with Crippen LogP contribution in [0.25, 0.3) is 21.9 Å². The van der Waals surface area contributed by atoms with Crippen LogP contribution in [0.1, 0.15) is 63.9 Å². The molecular formula is C26H36N4O3S. The minimum atomic E-state index is -3.26. The zero-order valence-corrected chi connectivity index (χ0v) is 21.1. The van der Waals surface area contributed by atoms with Gasteiger partial charge in [0.2, 0.25) is 10.0 Å². The van der Waals surface area contributed by atoms with Crippen molar-refractivity contribution in [2.75, 3.05) is 25.4 Å². The molecule has 8 heteroatoms. The van der Waals surface area contributed by atoms with Crippen LogP contribution in [-0.2, 0) is 14.8 Å². The van der Waals surface area contributed by atoms with E-state index in [-0.39, 0.29) is 17.8 Å². The maximum atomic E-state index is 13.2. The first-order valence-electron chi connectivity index (χ1n) is 12.7. The lowest BCUT2D eigenvalue weighted by Crippen LogP contribution is -2.45. The third-order valence-corrected chi connectivity index (χ3v) is 9.47. The molecule has 4 heterocycles. The van der Waals surface area contributed by atoms with Crippen molar-refractivity contribution in [3.05, 3.63) is 36.3 Å². The van der Waals surface area contributed by atoms with Crippen molar-refractivity contribution in [2.45, 2.75) is 64.4 Å². The van der Waals surface area contributed by atoms with Crippen LogP contribution in [0.4, 0.5) is 0 Å². The van der Waals surface area contributed by atoms with Gasteiger partial charge in [-0.2, -0.15) is 4.31 Å². The Labute approximate surface area is 202 Å². The van der Waals surface area contributed by atoms with E-state index in [1.165, 1.54) is 10.9 Å². The topological polar surface area (TPSA) is 88.2 Å². The summed E-state index contributed by atoms with van der Waals surface area (Å²) in [6, 6.07) is 4.22. The average Bonchev–Trinajstić information content (AvgIpc) is 3.32. The van der Waals surface area contributed by atoms with Gasteiger partial charge in [-0.05, 0) is 74.0 Å². The molecular weight excluding hydrogens is 448 g/mol. The number of hydrogen-bond acceptors (Lipinski definition) is 5. The standard InChI is InChI=1S/C26H36N4O3S/c1-18(2)16-33-21-4-3-13-30(15-21)34(31,32)17-19-5-7-20(8-6-19)22-9-11-27-24-14-29-26-23(25(22)24)10-12-28-26/h9-12,14,18-21,27H,3-8,13,15-17H2,1-2H3. The van der Waals surface area contributed by atoms with E-state index in [1.54, 1.807) is 4.31 Å². The summed E-state index contributed by atoms with van der Waals surface area (Å²) >= 11 is 0. The zero-order valence-electron chi connectivity index (χ0n) is 20.2. The summed E-state index contributed by atoms with van der Waals surface area (Å²) in [7, 11) is -3.26. The number of sulfonamides is 1. The van der Waals surface area contributed by atoms with E-state index in [1.807, 2.05) is 24.7 Å². The molecule has 7 nitrogen and oxygen atoms in total. The fraction of sp³-hybridized carbons (Fsp3) is 0.615. The summed E-state index contributed by atoms with van der Waals surface area (Å²) < 4.78 is 34.1. The van der Waals surface area contributed by atoms with Crippen LogP contribution in [-0.4, -0.2) is 59.2 Å². The lowest BCUT2D eigenvalue weighted by atomic mass is 9.78. The SMILES string of the molecule is CC(C)COC1CCCN(S(=O)(=O)CC2CCC(c3cc[nH]c4cnc5nccc5c34)CC2)C1. The number of H-pyrrole nitrogens is 1. The van der Waals surface area contributed by atoms with Gasteiger partial charge < -0.3 is 9.72 Å². The van der Waals surface area contributed by atoms with Crippen LogP contribution < -0.4 is 0 Å². The predicted molar refractivity (Wildman–Crippen MR) is 135 cm³/mol. The summed E-state index contributed by atoms with van der Waals surface area (Å²) in [4.78, 5) is 12.1. The highest BCUT2D eigenvalue weighted by Gasteiger charge is 2.33. The third kappa shape index (κ3) is 4.99. The molecule has 2 aliphatic rings. The molecule has 1 saturated carbocycles. The molecule has 1 aliphatic carbocycles. The number of hydrogen-bond donors (Lipinski definition) is 1. The molecule has 34 heavy (non-hydrogen) atoms. The minimum Gasteiger partial charge on any atom is -0.377 e. The highest BCUT2D eigenvalue weighted by atomic mass is 32.2. The number of aromatic amines is 1. The minimum absolute atomic E-state index is 0.0295. The molecule has 184 valence electrons. The maximum Gasteiger partial charge on any atom is 0.214 e. The highest BCUT2D eigenvalue weighted by Crippen LogP contribution is 2.40. The Bertz CT molecular complexity index is 1230. The van der Waals surface area contributed by atoms with Crippen molar-refractivity contribution in [2.24, 2.45) is 11.8 Å². The van der Waals surface area contributed by atoms with E-state index in [0.29, 0.717) is 31.5 Å². The monoisotopic (exact) mass is 484 g/mol. The molecule has 0 amide bonds. The van der Waals surface area contributed by atoms with Crippen molar-refractivity contribution >= 4 is 32.0 Å². The first kappa shape index (κ1) is 23.7. The molecule has 1 saturated heterocycles. The molecule has 3 aromatic heterocycles. The summed E-state index contributed by atoms with van der Waals surface area (Å²) in [6.45, 7) is 6.08. The number of rotatable bonds is 7. The Hall–Kier alpha value is -2.03. The number of ether oxygens (including phenoxy) is 1. The highest BCUT2D eigenvalue weighted by molar-refractivity contribution is 7.89. The lowest BCUT2D eigenvalue weighted by molar-refractivity contribution is 0.00547. The van der Waals surface area contributed by atoms with Crippen LogP contribution in [0.5, 0.6) is 0 Å². The number of nitrogens with one attached hydrogen (secondary N) is 1. The Morgan fingerprint density at radius 1 is 1.15 bits per heavy atom. The van der Waals surface area contributed by atoms with Crippen molar-refractivity contribution in [1.29, 1.82) is 0 Å². The van der Waals surface area contributed by atoms with E-state index >= 15 is 0 Å². The molecule has 0 aromatic carbocycles. The van der Waals surface area contributed by atoms with Crippen molar-refractivity contribution < 1.29 is 13.2 Å². The van der Waals surface area contributed by atoms with Gasteiger partial charge in [-0.15, -0.1) is 0 Å². The fourth-order valence-corrected chi connectivity index (χ4v) is 7.63. The van der Waals surface area contributed by atoms with Gasteiger partial charge in [0.05, 0.1) is 23.6 Å². The fourth-order valence-electron chi connectivity index (χ4n) is 5.69. The summed E-state index contributed by atoms with van der Waals surface area (Å²) in [6.07, 6.45) is 11.4. The molecule has 5 rings (SSSR count). The van der Waals surface area contributed by atoms with Gasteiger partial charge in [0.25, 0.3) is 0 Å². The van der Waals surface area contributed by atoms with E-state index in [9.17, 15) is 8.42 Å². The molecule has 1 N–H and O–H groups in total. The third-order valence-electron chi connectivity index (χ3n) is 7.46. The molecule has 0 spiro atoms. The summed E-state index contributed by atoms with van der Waals surface area (Å²) in [5.74, 6) is 1.38. The van der Waals surface area contributed by atoms with Crippen LogP contribution in [0.15, 0.2) is 30.7 Å². The van der Waals surface area contributed by atoms with Gasteiger partial charge in [-0.3, -0.25) is 0 Å². The van der Waals surface area contributed by atoms with Gasteiger partial charge in [-0.25, -0.2) is 18.4 Å². The molecule has 1 aliphatic heterocycles. The molecule has 0 bridgehead atoms. The quantitative estimate of drug-likeness (QED) is 0.518. The summed E-state index contributed by atoms with van der Waals surface area (Å²) in [5, 5.41) is 2.30. The van der Waals surface area contributed by atoms with Crippen LogP contribution in [0.3, 0.4) is 0 Å². The molecule has 0 radical (unpaired) electrons. The Morgan fingerprint density at radius 2 is 1.97 bits per heavy atom. The molecule has 1 unspecified atom stereocenters.